The van der Waals surface area contributed by atoms with Gasteiger partial charge in [-0.2, -0.15) is 5.26 Å². The van der Waals surface area contributed by atoms with Crippen LogP contribution >= 0.6 is 11.6 Å². The number of esters is 1. The molecule has 0 N–H and O–H groups in total. The summed E-state index contributed by atoms with van der Waals surface area (Å²) in [6.45, 7) is 2.10. The number of ketones is 1. The van der Waals surface area contributed by atoms with Gasteiger partial charge in [0.05, 0.1) is 23.1 Å². The average molecular weight is 603 g/mol. The molecule has 1 spiro atoms. The number of halogens is 1. The monoisotopic (exact) mass is 602 g/mol. The Morgan fingerprint density at radius 1 is 1.14 bits per heavy atom. The quantitative estimate of drug-likeness (QED) is 0.232. The summed E-state index contributed by atoms with van der Waals surface area (Å²) in [5.74, 6) is -2.63. The first-order chi connectivity index (χ1) is 19.9. The molecule has 2 aliphatic heterocycles. The number of amides is 1. The Labute approximate surface area is 249 Å². The zero-order chi connectivity index (χ0) is 30.2. The number of hydrogen-bond donors (Lipinski definition) is 0. The third kappa shape index (κ3) is 5.60. The summed E-state index contributed by atoms with van der Waals surface area (Å²) in [4.78, 5) is 41.7. The van der Waals surface area contributed by atoms with Crippen LogP contribution in [0.4, 0.5) is 0 Å². The summed E-state index contributed by atoms with van der Waals surface area (Å²) in [7, 11) is -3.43. The lowest BCUT2D eigenvalue weighted by molar-refractivity contribution is -0.159. The minimum Gasteiger partial charge on any atom is -0.448 e. The first-order valence-electron chi connectivity index (χ1n) is 13.3. The van der Waals surface area contributed by atoms with Crippen LogP contribution in [-0.4, -0.2) is 55.9 Å². The number of aryl methyl sites for hydroxylation is 1. The topological polar surface area (TPSA) is 122 Å². The van der Waals surface area contributed by atoms with E-state index in [1.54, 1.807) is 61.5 Å². The summed E-state index contributed by atoms with van der Waals surface area (Å²) < 4.78 is 29.8. The van der Waals surface area contributed by atoms with E-state index >= 15 is 0 Å². The fourth-order valence-electron chi connectivity index (χ4n) is 5.54. The Morgan fingerprint density at radius 3 is 2.64 bits per heavy atom. The number of nitrogens with zero attached hydrogens (tertiary/aromatic N) is 2. The molecule has 42 heavy (non-hydrogen) atoms. The average Bonchev–Trinajstić information content (AvgIpc) is 3.20. The zero-order valence-electron chi connectivity index (χ0n) is 23.0. The Balaban J connectivity index is 1.39. The van der Waals surface area contributed by atoms with Gasteiger partial charge in [0.25, 0.3) is 0 Å². The van der Waals surface area contributed by atoms with Crippen LogP contribution in [-0.2, 0) is 29.0 Å². The summed E-state index contributed by atoms with van der Waals surface area (Å²) in [5.41, 5.74) is 1.90. The molecule has 214 valence electrons. The lowest BCUT2D eigenvalue weighted by Crippen LogP contribution is -2.53. The molecule has 3 aromatic rings. The first-order valence-corrected chi connectivity index (χ1v) is 15.5. The van der Waals surface area contributed by atoms with Gasteiger partial charge in [0.15, 0.2) is 21.2 Å². The van der Waals surface area contributed by atoms with E-state index in [9.17, 15) is 22.8 Å². The van der Waals surface area contributed by atoms with Crippen LogP contribution in [0.25, 0.3) is 17.2 Å². The van der Waals surface area contributed by atoms with E-state index in [-0.39, 0.29) is 22.4 Å². The van der Waals surface area contributed by atoms with Crippen molar-refractivity contribution < 1.29 is 27.5 Å². The maximum atomic E-state index is 13.8. The van der Waals surface area contributed by atoms with Crippen molar-refractivity contribution in [2.75, 3.05) is 19.3 Å². The molecule has 0 bridgehead atoms. The second kappa shape index (κ2) is 11.2. The van der Waals surface area contributed by atoms with Crippen molar-refractivity contribution in [1.82, 2.24) is 4.90 Å². The summed E-state index contributed by atoms with van der Waals surface area (Å²) in [5, 5.41) is 9.35. The second-order valence-corrected chi connectivity index (χ2v) is 13.1. The van der Waals surface area contributed by atoms with Crippen LogP contribution in [0.3, 0.4) is 0 Å². The van der Waals surface area contributed by atoms with Gasteiger partial charge >= 0.3 is 5.97 Å². The molecule has 8 nitrogen and oxygen atoms in total. The van der Waals surface area contributed by atoms with Crippen LogP contribution in [0.2, 0.25) is 5.02 Å². The van der Waals surface area contributed by atoms with Gasteiger partial charge in [0, 0.05) is 29.5 Å². The molecule has 0 aromatic heterocycles. The third-order valence-corrected chi connectivity index (χ3v) is 9.11. The van der Waals surface area contributed by atoms with Crippen molar-refractivity contribution in [3.8, 4) is 17.2 Å². The van der Waals surface area contributed by atoms with Crippen LogP contribution in [0.5, 0.6) is 0 Å². The summed E-state index contributed by atoms with van der Waals surface area (Å²) in [6, 6.07) is 18.6. The predicted molar refractivity (Wildman–Crippen MR) is 157 cm³/mol. The molecule has 0 radical (unpaired) electrons. The number of rotatable bonds is 5. The van der Waals surface area contributed by atoms with Gasteiger partial charge in [-0.15, -0.1) is 0 Å². The number of likely N-dealkylation sites (tertiary alicyclic amines) is 1. The van der Waals surface area contributed by atoms with E-state index in [0.717, 1.165) is 6.26 Å². The van der Waals surface area contributed by atoms with Gasteiger partial charge < -0.3 is 9.64 Å². The molecule has 0 saturated carbocycles. The SMILES string of the molecule is Cc1cc(-c2cccc(S(C)(=O)=O)c2)c(Cl)cc1C1C(=O)OC2(CCCN(C(=O)C=Cc3cccc(C#N)c3)C2)C1=O. The maximum Gasteiger partial charge on any atom is 0.322 e. The van der Waals surface area contributed by atoms with Gasteiger partial charge in [-0.25, -0.2) is 8.42 Å². The lowest BCUT2D eigenvalue weighted by atomic mass is 9.81. The Hall–Kier alpha value is -4.26. The largest absolute Gasteiger partial charge is 0.448 e. The molecule has 10 heteroatoms. The van der Waals surface area contributed by atoms with Crippen molar-refractivity contribution in [1.29, 1.82) is 5.26 Å². The molecule has 2 atom stereocenters. The number of hydrogen-bond acceptors (Lipinski definition) is 7. The number of Topliss-reactive ketones (excluding diaryl/α,β-unsaturated/α-hetero) is 1. The molecule has 0 aliphatic carbocycles. The molecule has 2 aliphatic rings. The van der Waals surface area contributed by atoms with Gasteiger partial charge in [-0.1, -0.05) is 35.9 Å². The fourth-order valence-corrected chi connectivity index (χ4v) is 6.49. The van der Waals surface area contributed by atoms with E-state index in [1.807, 2.05) is 0 Å². The molecule has 2 heterocycles. The highest BCUT2D eigenvalue weighted by molar-refractivity contribution is 7.90. The van der Waals surface area contributed by atoms with E-state index in [1.165, 1.54) is 23.1 Å². The van der Waals surface area contributed by atoms with Crippen LogP contribution in [0, 0.1) is 18.3 Å². The third-order valence-electron chi connectivity index (χ3n) is 7.68. The van der Waals surface area contributed by atoms with Crippen molar-refractivity contribution in [2.24, 2.45) is 0 Å². The molecule has 5 rings (SSSR count). The van der Waals surface area contributed by atoms with Gasteiger partial charge in [0.2, 0.25) is 5.91 Å². The van der Waals surface area contributed by atoms with E-state index in [0.29, 0.717) is 52.8 Å². The minimum atomic E-state index is -3.43. The number of carbonyl (C=O) groups is 3. The van der Waals surface area contributed by atoms with Crippen molar-refractivity contribution in [3.05, 3.63) is 94.0 Å². The lowest BCUT2D eigenvalue weighted by Gasteiger charge is -2.37. The highest BCUT2D eigenvalue weighted by Crippen LogP contribution is 2.43. The molecular formula is C32H27ClN2O6S. The standard InChI is InChI=1S/C32H27ClN2O6S/c1-20-14-26(23-8-4-9-24(16-23)42(2,39)40)27(33)17-25(20)29-30(37)32(41-31(29)38)12-5-13-35(19-32)28(36)11-10-21-6-3-7-22(15-21)18-34/h3-4,6-11,14-17,29H,5,12-13,19H2,1-2H3. The van der Waals surface area contributed by atoms with E-state index < -0.39 is 33.1 Å². The van der Waals surface area contributed by atoms with Gasteiger partial charge in [0.1, 0.15) is 5.92 Å². The van der Waals surface area contributed by atoms with Crippen molar-refractivity contribution in [3.63, 3.8) is 0 Å². The van der Waals surface area contributed by atoms with Gasteiger partial charge in [-0.3, -0.25) is 14.4 Å². The van der Waals surface area contributed by atoms with E-state index in [2.05, 4.69) is 6.07 Å². The minimum absolute atomic E-state index is 0.0569. The fraction of sp³-hybridized carbons (Fsp3) is 0.250. The molecule has 2 fully saturated rings. The summed E-state index contributed by atoms with van der Waals surface area (Å²) in [6.07, 6.45) is 4.89. The van der Waals surface area contributed by atoms with Crippen molar-refractivity contribution in [2.45, 2.75) is 36.2 Å². The number of nitriles is 1. The number of ether oxygens (including phenoxy) is 1. The number of carbonyl (C=O) groups excluding carboxylic acids is 3. The van der Waals surface area contributed by atoms with Crippen LogP contribution in [0.1, 0.15) is 41.0 Å². The molecule has 1 amide bonds. The first kappa shape index (κ1) is 29.2. The van der Waals surface area contributed by atoms with Crippen molar-refractivity contribution >= 4 is 45.2 Å². The highest BCUT2D eigenvalue weighted by atomic mass is 35.5. The Bertz CT molecular complexity index is 1810. The zero-order valence-corrected chi connectivity index (χ0v) is 24.5. The molecule has 2 unspecified atom stereocenters. The number of benzene rings is 3. The maximum absolute atomic E-state index is 13.8. The normalized spacial score (nSPS) is 20.6. The molecule has 2 saturated heterocycles. The number of piperidine rings is 1. The Kier molecular flexibility index (Phi) is 7.80. The van der Waals surface area contributed by atoms with Gasteiger partial charge in [-0.05, 0) is 84.5 Å². The highest BCUT2D eigenvalue weighted by Gasteiger charge is 2.57. The second-order valence-electron chi connectivity index (χ2n) is 10.6. The molecule has 3 aromatic carbocycles. The predicted octanol–water partition coefficient (Wildman–Crippen LogP) is 4.87. The van der Waals surface area contributed by atoms with Crippen LogP contribution < -0.4 is 0 Å². The van der Waals surface area contributed by atoms with Crippen LogP contribution in [0.15, 0.2) is 71.6 Å². The van der Waals surface area contributed by atoms with E-state index in [4.69, 9.17) is 21.6 Å². The molecular weight excluding hydrogens is 576 g/mol. The smallest absolute Gasteiger partial charge is 0.322 e. The Morgan fingerprint density at radius 2 is 1.90 bits per heavy atom. The summed E-state index contributed by atoms with van der Waals surface area (Å²) >= 11 is 6.63. The number of sulfone groups is 1.